The highest BCUT2D eigenvalue weighted by Gasteiger charge is 2.12. The van der Waals surface area contributed by atoms with Gasteiger partial charge in [-0.25, -0.2) is 0 Å². The Morgan fingerprint density at radius 3 is 2.78 bits per heavy atom. The minimum atomic E-state index is 0.0352. The summed E-state index contributed by atoms with van der Waals surface area (Å²) in [7, 11) is 1.60. The van der Waals surface area contributed by atoms with E-state index < -0.39 is 0 Å². The van der Waals surface area contributed by atoms with Gasteiger partial charge in [0.2, 0.25) is 0 Å². The fourth-order valence-electron chi connectivity index (χ4n) is 1.69. The minimum absolute atomic E-state index is 0.0352. The lowest BCUT2D eigenvalue weighted by Gasteiger charge is -2.17. The van der Waals surface area contributed by atoms with Gasteiger partial charge in [-0.15, -0.1) is 0 Å². The Labute approximate surface area is 113 Å². The lowest BCUT2D eigenvalue weighted by molar-refractivity contribution is 0.124. The molecule has 1 aromatic carbocycles. The van der Waals surface area contributed by atoms with Crippen LogP contribution in [0.2, 0.25) is 5.02 Å². The Morgan fingerprint density at radius 1 is 1.39 bits per heavy atom. The van der Waals surface area contributed by atoms with Crippen LogP contribution < -0.4 is 16.0 Å². The molecule has 4 nitrogen and oxygen atoms in total. The summed E-state index contributed by atoms with van der Waals surface area (Å²) in [5.41, 5.74) is 3.83. The van der Waals surface area contributed by atoms with Crippen molar-refractivity contribution in [1.29, 1.82) is 0 Å². The monoisotopic (exact) mass is 272 g/mol. The molecule has 18 heavy (non-hydrogen) atoms. The molecule has 0 fully saturated rings. The van der Waals surface area contributed by atoms with Crippen molar-refractivity contribution >= 4 is 11.6 Å². The Bertz CT molecular complexity index is 361. The number of halogens is 1. The van der Waals surface area contributed by atoms with Crippen LogP contribution >= 0.6 is 11.6 Å². The van der Waals surface area contributed by atoms with Crippen molar-refractivity contribution in [1.82, 2.24) is 5.43 Å². The van der Waals surface area contributed by atoms with E-state index in [1.54, 1.807) is 7.11 Å². The molecule has 1 unspecified atom stereocenters. The Kier molecular flexibility index (Phi) is 7.05. The highest BCUT2D eigenvalue weighted by Crippen LogP contribution is 2.28. The smallest absolute Gasteiger partial charge is 0.137 e. The summed E-state index contributed by atoms with van der Waals surface area (Å²) < 4.78 is 10.7. The standard InChI is InChI=1S/C13H21ClN2O2/c1-3-7-18-8-6-12(16-15)10-4-5-11(14)13(9-10)17-2/h4-5,9,12,16H,3,6-8,15H2,1-2H3. The predicted molar refractivity (Wildman–Crippen MR) is 73.8 cm³/mol. The number of hydrazine groups is 1. The average Bonchev–Trinajstić information content (AvgIpc) is 2.40. The number of methoxy groups -OCH3 is 1. The van der Waals surface area contributed by atoms with E-state index in [1.165, 1.54) is 0 Å². The molecule has 0 radical (unpaired) electrons. The number of hydrogen-bond acceptors (Lipinski definition) is 4. The third-order valence-electron chi connectivity index (χ3n) is 2.68. The molecule has 0 aliphatic heterocycles. The molecule has 0 amide bonds. The lowest BCUT2D eigenvalue weighted by Crippen LogP contribution is -2.29. The van der Waals surface area contributed by atoms with E-state index in [0.717, 1.165) is 25.0 Å². The van der Waals surface area contributed by atoms with Gasteiger partial charge in [-0.05, 0) is 30.5 Å². The van der Waals surface area contributed by atoms with Gasteiger partial charge < -0.3 is 9.47 Å². The van der Waals surface area contributed by atoms with E-state index in [-0.39, 0.29) is 6.04 Å². The number of nitrogens with two attached hydrogens (primary N) is 1. The molecule has 0 aromatic heterocycles. The molecule has 1 aromatic rings. The molecule has 1 rings (SSSR count). The fourth-order valence-corrected chi connectivity index (χ4v) is 1.88. The molecule has 0 spiro atoms. The lowest BCUT2D eigenvalue weighted by atomic mass is 10.0. The first-order chi connectivity index (χ1) is 8.72. The molecule has 0 aliphatic rings. The Morgan fingerprint density at radius 2 is 2.17 bits per heavy atom. The zero-order valence-corrected chi connectivity index (χ0v) is 11.7. The maximum atomic E-state index is 5.99. The van der Waals surface area contributed by atoms with Crippen molar-refractivity contribution in [2.24, 2.45) is 5.84 Å². The largest absolute Gasteiger partial charge is 0.495 e. The summed E-state index contributed by atoms with van der Waals surface area (Å²) in [6, 6.07) is 5.68. The van der Waals surface area contributed by atoms with Gasteiger partial charge in [-0.1, -0.05) is 24.6 Å². The van der Waals surface area contributed by atoms with E-state index >= 15 is 0 Å². The van der Waals surface area contributed by atoms with Crippen molar-refractivity contribution < 1.29 is 9.47 Å². The van der Waals surface area contributed by atoms with Gasteiger partial charge in [0.1, 0.15) is 5.75 Å². The van der Waals surface area contributed by atoms with E-state index in [1.807, 2.05) is 18.2 Å². The molecule has 0 bridgehead atoms. The number of ether oxygens (including phenoxy) is 2. The molecular weight excluding hydrogens is 252 g/mol. The van der Waals surface area contributed by atoms with Crippen LogP contribution in [0, 0.1) is 0 Å². The van der Waals surface area contributed by atoms with Crippen LogP contribution in [-0.4, -0.2) is 20.3 Å². The quantitative estimate of drug-likeness (QED) is 0.434. The SMILES string of the molecule is CCCOCCC(NN)c1ccc(Cl)c(OC)c1. The van der Waals surface area contributed by atoms with Crippen molar-refractivity contribution in [2.45, 2.75) is 25.8 Å². The van der Waals surface area contributed by atoms with Gasteiger partial charge >= 0.3 is 0 Å². The van der Waals surface area contributed by atoms with E-state index in [4.69, 9.17) is 26.9 Å². The first-order valence-corrected chi connectivity index (χ1v) is 6.48. The van der Waals surface area contributed by atoms with Gasteiger partial charge in [-0.2, -0.15) is 0 Å². The maximum Gasteiger partial charge on any atom is 0.137 e. The average molecular weight is 273 g/mol. The molecule has 3 N–H and O–H groups in total. The van der Waals surface area contributed by atoms with Crippen molar-refractivity contribution in [3.05, 3.63) is 28.8 Å². The van der Waals surface area contributed by atoms with Crippen LogP contribution in [0.3, 0.4) is 0 Å². The minimum Gasteiger partial charge on any atom is -0.495 e. The van der Waals surface area contributed by atoms with E-state index in [9.17, 15) is 0 Å². The number of rotatable bonds is 8. The third kappa shape index (κ3) is 4.46. The maximum absolute atomic E-state index is 5.99. The van der Waals surface area contributed by atoms with Crippen LogP contribution in [0.1, 0.15) is 31.4 Å². The molecule has 5 heteroatoms. The second kappa shape index (κ2) is 8.32. The Hall–Kier alpha value is -0.810. The van der Waals surface area contributed by atoms with Crippen LogP contribution in [0.4, 0.5) is 0 Å². The second-order valence-electron chi connectivity index (χ2n) is 4.01. The first kappa shape index (κ1) is 15.2. The van der Waals surface area contributed by atoms with Crippen LogP contribution in [0.25, 0.3) is 0 Å². The molecule has 102 valence electrons. The van der Waals surface area contributed by atoms with Gasteiger partial charge in [0.15, 0.2) is 0 Å². The third-order valence-corrected chi connectivity index (χ3v) is 2.99. The van der Waals surface area contributed by atoms with Crippen LogP contribution in [-0.2, 0) is 4.74 Å². The summed E-state index contributed by atoms with van der Waals surface area (Å²) in [6.07, 6.45) is 1.83. The van der Waals surface area contributed by atoms with E-state index in [2.05, 4.69) is 12.3 Å². The molecule has 0 saturated heterocycles. The van der Waals surface area contributed by atoms with Crippen molar-refractivity contribution in [2.75, 3.05) is 20.3 Å². The second-order valence-corrected chi connectivity index (χ2v) is 4.42. The summed E-state index contributed by atoms with van der Waals surface area (Å²) in [6.45, 7) is 3.54. The number of nitrogens with one attached hydrogen (secondary N) is 1. The molecule has 0 saturated carbocycles. The zero-order valence-electron chi connectivity index (χ0n) is 10.9. The van der Waals surface area contributed by atoms with Gasteiger partial charge in [0.05, 0.1) is 12.1 Å². The van der Waals surface area contributed by atoms with E-state index in [0.29, 0.717) is 17.4 Å². The first-order valence-electron chi connectivity index (χ1n) is 6.10. The van der Waals surface area contributed by atoms with Crippen LogP contribution in [0.5, 0.6) is 5.75 Å². The molecule has 0 heterocycles. The Balaban J connectivity index is 2.63. The zero-order chi connectivity index (χ0) is 13.4. The van der Waals surface area contributed by atoms with Gasteiger partial charge in [0, 0.05) is 19.3 Å². The summed E-state index contributed by atoms with van der Waals surface area (Å²) in [5, 5.41) is 0.597. The number of benzene rings is 1. The van der Waals surface area contributed by atoms with Gasteiger partial charge in [-0.3, -0.25) is 11.3 Å². The predicted octanol–water partition coefficient (Wildman–Crippen LogP) is 2.67. The summed E-state index contributed by atoms with van der Waals surface area (Å²) in [4.78, 5) is 0. The van der Waals surface area contributed by atoms with Crippen LogP contribution in [0.15, 0.2) is 18.2 Å². The van der Waals surface area contributed by atoms with Crippen molar-refractivity contribution in [3.63, 3.8) is 0 Å². The van der Waals surface area contributed by atoms with Gasteiger partial charge in [0.25, 0.3) is 0 Å². The summed E-state index contributed by atoms with van der Waals surface area (Å²) in [5.74, 6) is 6.23. The molecule has 1 atom stereocenters. The number of hydrogen-bond donors (Lipinski definition) is 2. The highest BCUT2D eigenvalue weighted by molar-refractivity contribution is 6.32. The summed E-state index contributed by atoms with van der Waals surface area (Å²) >= 11 is 5.99. The molecule has 0 aliphatic carbocycles. The molecular formula is C13H21ClN2O2. The fraction of sp³-hybridized carbons (Fsp3) is 0.538. The highest BCUT2D eigenvalue weighted by atomic mass is 35.5. The van der Waals surface area contributed by atoms with Crippen molar-refractivity contribution in [3.8, 4) is 5.75 Å². The normalized spacial score (nSPS) is 12.4. The topological polar surface area (TPSA) is 56.5 Å².